The Morgan fingerprint density at radius 3 is 2.39 bits per heavy atom. The smallest absolute Gasteiger partial charge is 0.266 e. The van der Waals surface area contributed by atoms with E-state index in [4.69, 9.17) is 0 Å². The van der Waals surface area contributed by atoms with Gasteiger partial charge in [0.2, 0.25) is 0 Å². The Morgan fingerprint density at radius 1 is 0.944 bits per heavy atom. The van der Waals surface area contributed by atoms with Crippen molar-refractivity contribution < 1.29 is 9.59 Å². The maximum atomic E-state index is 12.3. The average Bonchev–Trinajstić information content (AvgIpc) is 2.99. The molecular weight excluding hydrogens is 246 g/mol. The number of anilines is 1. The topological polar surface area (TPSA) is 37.4 Å². The van der Waals surface area contributed by atoms with Crippen LogP contribution in [0.2, 0.25) is 0 Å². The molecule has 4 heteroatoms. The van der Waals surface area contributed by atoms with E-state index in [1.54, 1.807) is 24.3 Å². The molecule has 0 saturated heterocycles. The van der Waals surface area contributed by atoms with Crippen LogP contribution in [0.15, 0.2) is 53.9 Å². The second-order valence-corrected chi connectivity index (χ2v) is 4.80. The lowest BCUT2D eigenvalue weighted by Gasteiger charge is -2.14. The number of benzene rings is 1. The molecule has 0 saturated carbocycles. The van der Waals surface area contributed by atoms with Crippen molar-refractivity contribution in [2.75, 3.05) is 4.90 Å². The summed E-state index contributed by atoms with van der Waals surface area (Å²) >= 11 is 1.46. The summed E-state index contributed by atoms with van der Waals surface area (Å²) < 4.78 is 0. The SMILES string of the molecule is O=C1C=C(c2cccs2)C(=O)N1c1ccccc1. The van der Waals surface area contributed by atoms with Gasteiger partial charge >= 0.3 is 0 Å². The molecule has 1 aliphatic rings. The molecule has 0 radical (unpaired) electrons. The quantitative estimate of drug-likeness (QED) is 0.774. The van der Waals surface area contributed by atoms with E-state index in [1.807, 2.05) is 23.6 Å². The van der Waals surface area contributed by atoms with Crippen molar-refractivity contribution in [3.63, 3.8) is 0 Å². The van der Waals surface area contributed by atoms with E-state index < -0.39 is 0 Å². The molecule has 0 spiro atoms. The van der Waals surface area contributed by atoms with Gasteiger partial charge in [0.1, 0.15) is 0 Å². The zero-order chi connectivity index (χ0) is 12.5. The van der Waals surface area contributed by atoms with Crippen LogP contribution in [-0.2, 0) is 9.59 Å². The van der Waals surface area contributed by atoms with Crippen LogP contribution in [0, 0.1) is 0 Å². The van der Waals surface area contributed by atoms with Gasteiger partial charge in [0.25, 0.3) is 11.8 Å². The van der Waals surface area contributed by atoms with E-state index in [0.29, 0.717) is 11.3 Å². The number of rotatable bonds is 2. The van der Waals surface area contributed by atoms with Gasteiger partial charge in [-0.2, -0.15) is 0 Å². The van der Waals surface area contributed by atoms with Crippen molar-refractivity contribution in [3.8, 4) is 0 Å². The molecule has 0 fully saturated rings. The molecule has 2 aromatic rings. The fourth-order valence-corrected chi connectivity index (χ4v) is 2.63. The van der Waals surface area contributed by atoms with Crippen molar-refractivity contribution in [3.05, 3.63) is 58.8 Å². The highest BCUT2D eigenvalue weighted by molar-refractivity contribution is 7.11. The van der Waals surface area contributed by atoms with Crippen molar-refractivity contribution in [1.82, 2.24) is 0 Å². The summed E-state index contributed by atoms with van der Waals surface area (Å²) in [4.78, 5) is 26.2. The first-order valence-corrected chi connectivity index (χ1v) is 6.34. The first-order chi connectivity index (χ1) is 8.77. The molecule has 2 heterocycles. The molecule has 1 aromatic carbocycles. The van der Waals surface area contributed by atoms with Crippen molar-refractivity contribution >= 4 is 34.4 Å². The molecule has 3 rings (SSSR count). The second-order valence-electron chi connectivity index (χ2n) is 3.85. The summed E-state index contributed by atoms with van der Waals surface area (Å²) in [6.45, 7) is 0. The first-order valence-electron chi connectivity index (χ1n) is 5.46. The van der Waals surface area contributed by atoms with E-state index in [9.17, 15) is 9.59 Å². The molecule has 1 aromatic heterocycles. The van der Waals surface area contributed by atoms with Crippen LogP contribution in [-0.4, -0.2) is 11.8 Å². The fraction of sp³-hybridized carbons (Fsp3) is 0. The zero-order valence-electron chi connectivity index (χ0n) is 9.37. The van der Waals surface area contributed by atoms with Crippen LogP contribution in [0.25, 0.3) is 5.57 Å². The number of thiophene rings is 1. The van der Waals surface area contributed by atoms with Gasteiger partial charge < -0.3 is 0 Å². The molecule has 18 heavy (non-hydrogen) atoms. The molecule has 3 nitrogen and oxygen atoms in total. The number of para-hydroxylation sites is 1. The van der Waals surface area contributed by atoms with Gasteiger partial charge in [0.05, 0.1) is 11.3 Å². The summed E-state index contributed by atoms with van der Waals surface area (Å²) in [6.07, 6.45) is 1.40. The normalized spacial score (nSPS) is 15.1. The predicted octanol–water partition coefficient (Wildman–Crippen LogP) is 2.70. The number of nitrogens with zero attached hydrogens (tertiary/aromatic N) is 1. The summed E-state index contributed by atoms with van der Waals surface area (Å²) in [5, 5.41) is 1.89. The molecule has 88 valence electrons. The van der Waals surface area contributed by atoms with Gasteiger partial charge in [-0.3, -0.25) is 9.59 Å². The number of imide groups is 1. The molecule has 1 aliphatic heterocycles. The minimum absolute atomic E-state index is 0.256. The predicted molar refractivity (Wildman–Crippen MR) is 71.2 cm³/mol. The Hall–Kier alpha value is -2.20. The maximum Gasteiger partial charge on any atom is 0.266 e. The number of carbonyl (C=O) groups excluding carboxylic acids is 2. The lowest BCUT2D eigenvalue weighted by atomic mass is 10.2. The van der Waals surface area contributed by atoms with E-state index in [1.165, 1.54) is 22.3 Å². The fourth-order valence-electron chi connectivity index (χ4n) is 1.90. The lowest BCUT2D eigenvalue weighted by Crippen LogP contribution is -2.30. The van der Waals surface area contributed by atoms with Gasteiger partial charge in [-0.1, -0.05) is 24.3 Å². The minimum atomic E-state index is -0.283. The van der Waals surface area contributed by atoms with Crippen LogP contribution >= 0.6 is 11.3 Å². The minimum Gasteiger partial charge on any atom is -0.269 e. The molecule has 2 amide bonds. The van der Waals surface area contributed by atoms with E-state index >= 15 is 0 Å². The van der Waals surface area contributed by atoms with Crippen LogP contribution < -0.4 is 4.90 Å². The molecule has 0 N–H and O–H groups in total. The van der Waals surface area contributed by atoms with Gasteiger partial charge in [-0.15, -0.1) is 11.3 Å². The Kier molecular flexibility index (Phi) is 2.57. The lowest BCUT2D eigenvalue weighted by molar-refractivity contribution is -0.119. The standard InChI is InChI=1S/C14H9NO2S/c16-13-9-11(12-7-4-8-18-12)14(17)15(13)10-5-2-1-3-6-10/h1-9H. The van der Waals surface area contributed by atoms with Crippen LogP contribution in [0.3, 0.4) is 0 Å². The number of carbonyl (C=O) groups is 2. The first kappa shape index (κ1) is 10.9. The zero-order valence-corrected chi connectivity index (χ0v) is 10.2. The Labute approximate surface area is 108 Å². The number of hydrogen-bond acceptors (Lipinski definition) is 3. The van der Waals surface area contributed by atoms with Crippen LogP contribution in [0.5, 0.6) is 0 Å². The largest absolute Gasteiger partial charge is 0.269 e. The highest BCUT2D eigenvalue weighted by atomic mass is 32.1. The molecule has 0 bridgehead atoms. The van der Waals surface area contributed by atoms with Crippen molar-refractivity contribution in [2.24, 2.45) is 0 Å². The average molecular weight is 255 g/mol. The van der Waals surface area contributed by atoms with Crippen LogP contribution in [0.1, 0.15) is 4.88 Å². The monoisotopic (exact) mass is 255 g/mol. The van der Waals surface area contributed by atoms with Crippen molar-refractivity contribution in [2.45, 2.75) is 0 Å². The Balaban J connectivity index is 1.99. The van der Waals surface area contributed by atoms with Gasteiger partial charge in [0.15, 0.2) is 0 Å². The Morgan fingerprint density at radius 2 is 1.72 bits per heavy atom. The summed E-state index contributed by atoms with van der Waals surface area (Å²) in [5.74, 6) is -0.539. The van der Waals surface area contributed by atoms with Gasteiger partial charge in [-0.05, 0) is 23.6 Å². The third-order valence-electron chi connectivity index (χ3n) is 2.72. The summed E-state index contributed by atoms with van der Waals surface area (Å²) in [7, 11) is 0. The van der Waals surface area contributed by atoms with E-state index in [-0.39, 0.29) is 11.8 Å². The molecular formula is C14H9NO2S. The van der Waals surface area contributed by atoms with Crippen LogP contribution in [0.4, 0.5) is 5.69 Å². The summed E-state index contributed by atoms with van der Waals surface area (Å²) in [6, 6.07) is 12.7. The van der Waals surface area contributed by atoms with Crippen molar-refractivity contribution in [1.29, 1.82) is 0 Å². The van der Waals surface area contributed by atoms with E-state index in [2.05, 4.69) is 0 Å². The molecule has 0 unspecified atom stereocenters. The molecule has 0 aliphatic carbocycles. The number of amides is 2. The second kappa shape index (κ2) is 4.23. The van der Waals surface area contributed by atoms with Gasteiger partial charge in [-0.25, -0.2) is 4.90 Å². The third-order valence-corrected chi connectivity index (χ3v) is 3.63. The summed E-state index contributed by atoms with van der Waals surface area (Å²) in [5.41, 5.74) is 1.08. The molecule has 0 atom stereocenters. The highest BCUT2D eigenvalue weighted by Crippen LogP contribution is 2.30. The highest BCUT2D eigenvalue weighted by Gasteiger charge is 2.33. The van der Waals surface area contributed by atoms with Gasteiger partial charge in [0, 0.05) is 11.0 Å². The van der Waals surface area contributed by atoms with E-state index in [0.717, 1.165) is 4.88 Å². The third kappa shape index (κ3) is 1.67. The maximum absolute atomic E-state index is 12.3. The number of hydrogen-bond donors (Lipinski definition) is 0. The Bertz CT molecular complexity index is 629.